The minimum atomic E-state index is -0.328. The van der Waals surface area contributed by atoms with Crippen LogP contribution in [-0.4, -0.2) is 0 Å². The summed E-state index contributed by atoms with van der Waals surface area (Å²) in [6, 6.07) is 3.00. The Labute approximate surface area is 85.0 Å². The van der Waals surface area contributed by atoms with Crippen molar-refractivity contribution >= 4 is 50.1 Å². The Morgan fingerprint density at radius 3 is 2.60 bits per heavy atom. The Morgan fingerprint density at radius 2 is 2.10 bits per heavy atom. The first kappa shape index (κ1) is 8.74. The van der Waals surface area contributed by atoms with Crippen molar-refractivity contribution in [2.75, 3.05) is 0 Å². The lowest BCUT2D eigenvalue weighted by Gasteiger charge is -1.98. The normalized spacial score (nSPS) is 10.0. The summed E-state index contributed by atoms with van der Waals surface area (Å²) in [5.41, 5.74) is 0. The SMILES string of the molecule is Fc1ccc(I)c(Cl)c1Br. The lowest BCUT2D eigenvalue weighted by atomic mass is 10.3. The second-order valence-corrected chi connectivity index (χ2v) is 3.99. The maximum absolute atomic E-state index is 12.6. The molecule has 0 aliphatic rings. The molecule has 0 radical (unpaired) electrons. The standard InChI is InChI=1S/C6H2BrClFI/c7-5-3(9)1-2-4(10)6(5)8/h1-2H. The predicted octanol–water partition coefficient (Wildman–Crippen LogP) is 3.85. The number of rotatable bonds is 0. The fraction of sp³-hybridized carbons (Fsp3) is 0. The molecule has 0 spiro atoms. The highest BCUT2D eigenvalue weighted by Gasteiger charge is 2.05. The van der Waals surface area contributed by atoms with E-state index in [-0.39, 0.29) is 5.82 Å². The van der Waals surface area contributed by atoms with Crippen molar-refractivity contribution in [3.8, 4) is 0 Å². The van der Waals surface area contributed by atoms with Gasteiger partial charge in [0.25, 0.3) is 0 Å². The predicted molar refractivity (Wildman–Crippen MR) is 51.8 cm³/mol. The van der Waals surface area contributed by atoms with Gasteiger partial charge in [-0.2, -0.15) is 0 Å². The monoisotopic (exact) mass is 334 g/mol. The average molecular weight is 335 g/mol. The Morgan fingerprint density at radius 1 is 1.50 bits per heavy atom. The second kappa shape index (κ2) is 3.36. The van der Waals surface area contributed by atoms with E-state index in [1.807, 2.05) is 22.6 Å². The van der Waals surface area contributed by atoms with Crippen LogP contribution in [0.3, 0.4) is 0 Å². The summed E-state index contributed by atoms with van der Waals surface area (Å²) in [5.74, 6) is -0.328. The van der Waals surface area contributed by atoms with E-state index in [9.17, 15) is 4.39 Å². The van der Waals surface area contributed by atoms with Crippen LogP contribution in [0.25, 0.3) is 0 Å². The Kier molecular flexibility index (Phi) is 2.94. The van der Waals surface area contributed by atoms with Crippen molar-refractivity contribution in [3.05, 3.63) is 31.0 Å². The Balaban J connectivity index is 3.34. The van der Waals surface area contributed by atoms with Gasteiger partial charge in [-0.25, -0.2) is 4.39 Å². The Bertz CT molecular complexity index is 237. The fourth-order valence-corrected chi connectivity index (χ4v) is 1.82. The van der Waals surface area contributed by atoms with Gasteiger partial charge in [0, 0.05) is 3.57 Å². The molecule has 0 unspecified atom stereocenters. The number of hydrogen-bond donors (Lipinski definition) is 0. The van der Waals surface area contributed by atoms with Crippen LogP contribution in [0, 0.1) is 9.39 Å². The second-order valence-electron chi connectivity index (χ2n) is 1.66. The van der Waals surface area contributed by atoms with Crippen LogP contribution in [0.15, 0.2) is 16.6 Å². The highest BCUT2D eigenvalue weighted by molar-refractivity contribution is 14.1. The molecule has 1 aromatic rings. The van der Waals surface area contributed by atoms with Crippen LogP contribution in [0.4, 0.5) is 4.39 Å². The third-order valence-electron chi connectivity index (χ3n) is 0.988. The average Bonchev–Trinajstić information content (AvgIpc) is 1.93. The molecule has 0 nitrogen and oxygen atoms in total. The zero-order valence-electron chi connectivity index (χ0n) is 4.67. The molecule has 0 amide bonds. The van der Waals surface area contributed by atoms with Crippen LogP contribution in [0.1, 0.15) is 0 Å². The molecule has 0 aromatic heterocycles. The van der Waals surface area contributed by atoms with Crippen LogP contribution in [-0.2, 0) is 0 Å². The summed E-state index contributed by atoms with van der Waals surface area (Å²) in [4.78, 5) is 0. The lowest BCUT2D eigenvalue weighted by molar-refractivity contribution is 0.621. The molecule has 1 rings (SSSR count). The van der Waals surface area contributed by atoms with Crippen molar-refractivity contribution in [2.45, 2.75) is 0 Å². The van der Waals surface area contributed by atoms with Crippen LogP contribution < -0.4 is 0 Å². The molecule has 54 valence electrons. The van der Waals surface area contributed by atoms with Crippen molar-refractivity contribution < 1.29 is 4.39 Å². The first-order chi connectivity index (χ1) is 4.63. The van der Waals surface area contributed by atoms with Crippen LogP contribution in [0.2, 0.25) is 5.02 Å². The smallest absolute Gasteiger partial charge is 0.138 e. The molecule has 0 heterocycles. The summed E-state index contributed by atoms with van der Waals surface area (Å²) in [5, 5.41) is 0.431. The largest absolute Gasteiger partial charge is 0.206 e. The van der Waals surface area contributed by atoms with Crippen molar-refractivity contribution in [1.29, 1.82) is 0 Å². The summed E-state index contributed by atoms with van der Waals surface area (Å²) in [7, 11) is 0. The van der Waals surface area contributed by atoms with Crippen molar-refractivity contribution in [2.24, 2.45) is 0 Å². The molecular weight excluding hydrogens is 333 g/mol. The van der Waals surface area contributed by atoms with Crippen LogP contribution in [0.5, 0.6) is 0 Å². The summed E-state index contributed by atoms with van der Waals surface area (Å²) in [6.07, 6.45) is 0. The maximum Gasteiger partial charge on any atom is 0.138 e. The molecule has 0 saturated carbocycles. The quantitative estimate of drug-likeness (QED) is 0.384. The van der Waals surface area contributed by atoms with Crippen molar-refractivity contribution in [1.82, 2.24) is 0 Å². The molecule has 0 bridgehead atoms. The van der Waals surface area contributed by atoms with E-state index >= 15 is 0 Å². The van der Waals surface area contributed by atoms with Gasteiger partial charge in [0.2, 0.25) is 0 Å². The fourth-order valence-electron chi connectivity index (χ4n) is 0.502. The molecular formula is C6H2BrClFI. The van der Waals surface area contributed by atoms with E-state index in [4.69, 9.17) is 11.6 Å². The van der Waals surface area contributed by atoms with E-state index in [2.05, 4.69) is 15.9 Å². The van der Waals surface area contributed by atoms with E-state index in [1.54, 1.807) is 6.07 Å². The summed E-state index contributed by atoms with van der Waals surface area (Å²) < 4.78 is 13.8. The minimum Gasteiger partial charge on any atom is -0.206 e. The van der Waals surface area contributed by atoms with Gasteiger partial charge in [-0.3, -0.25) is 0 Å². The van der Waals surface area contributed by atoms with E-state index < -0.39 is 0 Å². The highest BCUT2D eigenvalue weighted by Crippen LogP contribution is 2.29. The van der Waals surface area contributed by atoms with Gasteiger partial charge >= 0.3 is 0 Å². The third-order valence-corrected chi connectivity index (χ3v) is 3.60. The topological polar surface area (TPSA) is 0 Å². The highest BCUT2D eigenvalue weighted by atomic mass is 127. The maximum atomic E-state index is 12.6. The molecule has 0 atom stereocenters. The summed E-state index contributed by atoms with van der Waals surface area (Å²) in [6.45, 7) is 0. The van der Waals surface area contributed by atoms with E-state index in [0.29, 0.717) is 9.50 Å². The number of halogens is 4. The Hall–Kier alpha value is 0.650. The first-order valence-electron chi connectivity index (χ1n) is 2.42. The molecule has 0 aliphatic carbocycles. The van der Waals surface area contributed by atoms with Gasteiger partial charge in [-0.1, -0.05) is 11.6 Å². The summed E-state index contributed by atoms with van der Waals surface area (Å²) >= 11 is 10.7. The van der Waals surface area contributed by atoms with Gasteiger partial charge in [-0.15, -0.1) is 0 Å². The van der Waals surface area contributed by atoms with Crippen LogP contribution >= 0.6 is 50.1 Å². The van der Waals surface area contributed by atoms with Gasteiger partial charge in [0.1, 0.15) is 5.82 Å². The molecule has 10 heavy (non-hydrogen) atoms. The third kappa shape index (κ3) is 1.62. The molecule has 0 N–H and O–H groups in total. The van der Waals surface area contributed by atoms with Gasteiger partial charge in [-0.05, 0) is 50.7 Å². The van der Waals surface area contributed by atoms with E-state index in [1.165, 1.54) is 6.07 Å². The molecule has 4 heteroatoms. The van der Waals surface area contributed by atoms with Gasteiger partial charge in [0.15, 0.2) is 0 Å². The molecule has 1 aromatic carbocycles. The van der Waals surface area contributed by atoms with Gasteiger partial charge < -0.3 is 0 Å². The zero-order valence-corrected chi connectivity index (χ0v) is 9.17. The van der Waals surface area contributed by atoms with E-state index in [0.717, 1.165) is 3.57 Å². The first-order valence-corrected chi connectivity index (χ1v) is 4.67. The van der Waals surface area contributed by atoms with Crippen molar-refractivity contribution in [3.63, 3.8) is 0 Å². The number of benzene rings is 1. The molecule has 0 aliphatic heterocycles. The molecule has 0 fully saturated rings. The lowest BCUT2D eigenvalue weighted by Crippen LogP contribution is -1.80. The molecule has 0 saturated heterocycles. The number of hydrogen-bond acceptors (Lipinski definition) is 0. The minimum absolute atomic E-state index is 0.328. The van der Waals surface area contributed by atoms with Gasteiger partial charge in [0.05, 0.1) is 9.50 Å². The zero-order chi connectivity index (χ0) is 7.72.